The van der Waals surface area contributed by atoms with Crippen LogP contribution in [0.5, 0.6) is 0 Å². The predicted octanol–water partition coefficient (Wildman–Crippen LogP) is 2.48. The number of aliphatic imine (C=N–C) groups is 1. The van der Waals surface area contributed by atoms with Crippen molar-refractivity contribution in [1.82, 2.24) is 30.5 Å². The first-order valence-corrected chi connectivity index (χ1v) is 11.1. The maximum Gasteiger partial charge on any atom is 0.263 e. The number of nitrogens with zero attached hydrogens (tertiary/aromatic N) is 4. The van der Waals surface area contributed by atoms with Gasteiger partial charge in [-0.2, -0.15) is 0 Å². The van der Waals surface area contributed by atoms with Gasteiger partial charge in [0.05, 0.1) is 22.2 Å². The first kappa shape index (κ1) is 21.8. The van der Waals surface area contributed by atoms with Crippen LogP contribution in [0.15, 0.2) is 34.8 Å². The van der Waals surface area contributed by atoms with E-state index in [0.29, 0.717) is 24.5 Å². The van der Waals surface area contributed by atoms with E-state index in [0.717, 1.165) is 48.0 Å². The molecule has 3 N–H and O–H groups in total. The fraction of sp³-hybridized carbons (Fsp3) is 0.429. The van der Waals surface area contributed by atoms with Crippen molar-refractivity contribution in [3.05, 3.63) is 46.2 Å². The smallest absolute Gasteiger partial charge is 0.263 e. The van der Waals surface area contributed by atoms with Gasteiger partial charge in [-0.15, -0.1) is 11.3 Å². The van der Waals surface area contributed by atoms with Crippen LogP contribution >= 0.6 is 11.3 Å². The number of aromatic nitrogens is 3. The molecule has 0 unspecified atom stereocenters. The fourth-order valence-electron chi connectivity index (χ4n) is 3.20. The molecule has 0 radical (unpaired) electrons. The van der Waals surface area contributed by atoms with Crippen molar-refractivity contribution < 1.29 is 4.79 Å². The number of fused-ring (bicyclic) bond motifs is 1. The minimum absolute atomic E-state index is 0.0818. The number of thiazole rings is 1. The Labute approximate surface area is 180 Å². The highest BCUT2D eigenvalue weighted by Gasteiger charge is 2.10. The van der Waals surface area contributed by atoms with Crippen LogP contribution in [-0.4, -0.2) is 52.6 Å². The maximum absolute atomic E-state index is 12.1. The lowest BCUT2D eigenvalue weighted by Crippen LogP contribution is -2.41. The van der Waals surface area contributed by atoms with Crippen molar-refractivity contribution in [2.45, 2.75) is 33.7 Å². The van der Waals surface area contributed by atoms with Crippen LogP contribution in [0.3, 0.4) is 0 Å². The van der Waals surface area contributed by atoms with Gasteiger partial charge in [0.25, 0.3) is 5.91 Å². The zero-order valence-corrected chi connectivity index (χ0v) is 18.6. The summed E-state index contributed by atoms with van der Waals surface area (Å²) in [5, 5.41) is 9.41. The summed E-state index contributed by atoms with van der Waals surface area (Å²) in [6.45, 7) is 9.38. The van der Waals surface area contributed by atoms with E-state index in [4.69, 9.17) is 0 Å². The van der Waals surface area contributed by atoms with E-state index in [9.17, 15) is 4.79 Å². The van der Waals surface area contributed by atoms with Crippen LogP contribution in [0, 0.1) is 13.8 Å². The summed E-state index contributed by atoms with van der Waals surface area (Å²) in [6, 6.07) is 8.20. The van der Waals surface area contributed by atoms with Gasteiger partial charge in [-0.3, -0.25) is 9.79 Å². The summed E-state index contributed by atoms with van der Waals surface area (Å²) >= 11 is 1.36. The molecule has 30 heavy (non-hydrogen) atoms. The number of hydrogen-bond donors (Lipinski definition) is 3. The number of rotatable bonds is 9. The molecule has 0 bridgehead atoms. The van der Waals surface area contributed by atoms with E-state index in [2.05, 4.69) is 41.5 Å². The largest absolute Gasteiger partial charge is 0.357 e. The number of guanidine groups is 1. The third-order valence-corrected chi connectivity index (χ3v) is 5.58. The van der Waals surface area contributed by atoms with Crippen molar-refractivity contribution in [1.29, 1.82) is 0 Å². The van der Waals surface area contributed by atoms with Gasteiger partial charge in [0.1, 0.15) is 10.7 Å². The number of amides is 1. The molecule has 8 nitrogen and oxygen atoms in total. The molecule has 0 aliphatic heterocycles. The molecule has 0 aliphatic carbocycles. The summed E-state index contributed by atoms with van der Waals surface area (Å²) in [7, 11) is 0. The lowest BCUT2D eigenvalue weighted by molar-refractivity contribution is 0.0957. The van der Waals surface area contributed by atoms with E-state index in [1.807, 2.05) is 39.0 Å². The molecule has 1 amide bonds. The van der Waals surface area contributed by atoms with E-state index < -0.39 is 0 Å². The van der Waals surface area contributed by atoms with Gasteiger partial charge in [0.15, 0.2) is 5.96 Å². The molecule has 1 aromatic carbocycles. The third kappa shape index (κ3) is 5.56. The van der Waals surface area contributed by atoms with E-state index in [1.54, 1.807) is 5.51 Å². The number of carbonyl (C=O) groups is 1. The summed E-state index contributed by atoms with van der Waals surface area (Å²) < 4.78 is 2.24. The fourth-order valence-corrected chi connectivity index (χ4v) is 3.92. The van der Waals surface area contributed by atoms with Gasteiger partial charge in [-0.25, -0.2) is 9.97 Å². The Hall–Kier alpha value is -2.94. The molecule has 2 heterocycles. The molecule has 3 rings (SSSR count). The van der Waals surface area contributed by atoms with Crippen LogP contribution in [0.4, 0.5) is 0 Å². The SMILES string of the molecule is CCNC(=NCCCn1c(C)nc2ccccc21)NCCNC(=O)c1scnc1C. The van der Waals surface area contributed by atoms with Gasteiger partial charge in [-0.1, -0.05) is 12.1 Å². The number of hydrogen-bond acceptors (Lipinski definition) is 5. The molecule has 9 heteroatoms. The summed E-state index contributed by atoms with van der Waals surface area (Å²) in [6.07, 6.45) is 0.916. The lowest BCUT2D eigenvalue weighted by atomic mass is 10.3. The van der Waals surface area contributed by atoms with Crippen molar-refractivity contribution in [2.24, 2.45) is 4.99 Å². The molecule has 0 saturated heterocycles. The average Bonchev–Trinajstić information content (AvgIpc) is 3.30. The number of para-hydroxylation sites is 2. The molecular formula is C21H29N7OS. The number of carbonyl (C=O) groups excluding carboxylic acids is 1. The van der Waals surface area contributed by atoms with Crippen LogP contribution < -0.4 is 16.0 Å². The first-order chi connectivity index (χ1) is 14.6. The Morgan fingerprint density at radius 3 is 2.73 bits per heavy atom. The first-order valence-electron chi connectivity index (χ1n) is 10.2. The molecule has 160 valence electrons. The van der Waals surface area contributed by atoms with Crippen molar-refractivity contribution in [3.8, 4) is 0 Å². The van der Waals surface area contributed by atoms with Crippen LogP contribution in [0.2, 0.25) is 0 Å². The van der Waals surface area contributed by atoms with E-state index in [1.165, 1.54) is 11.3 Å². The minimum Gasteiger partial charge on any atom is -0.357 e. The van der Waals surface area contributed by atoms with Crippen molar-refractivity contribution in [3.63, 3.8) is 0 Å². The number of benzene rings is 1. The Morgan fingerprint density at radius 1 is 1.17 bits per heavy atom. The predicted molar refractivity (Wildman–Crippen MR) is 122 cm³/mol. The maximum atomic E-state index is 12.1. The van der Waals surface area contributed by atoms with Crippen molar-refractivity contribution in [2.75, 3.05) is 26.2 Å². The molecule has 0 fully saturated rings. The number of imidazole rings is 1. The summed E-state index contributed by atoms with van der Waals surface area (Å²) in [4.78, 5) is 26.1. The van der Waals surface area contributed by atoms with Crippen molar-refractivity contribution >= 4 is 34.2 Å². The summed E-state index contributed by atoms with van der Waals surface area (Å²) in [5.41, 5.74) is 4.65. The zero-order chi connectivity index (χ0) is 21.3. The van der Waals surface area contributed by atoms with Crippen LogP contribution in [0.1, 0.15) is 34.5 Å². The molecule has 3 aromatic rings. The average molecular weight is 428 g/mol. The molecule has 0 atom stereocenters. The number of aryl methyl sites for hydroxylation is 3. The Balaban J connectivity index is 1.44. The molecule has 0 aliphatic rings. The molecule has 0 saturated carbocycles. The Kier molecular flexibility index (Phi) is 7.78. The second-order valence-electron chi connectivity index (χ2n) is 6.86. The summed E-state index contributed by atoms with van der Waals surface area (Å²) in [5.74, 6) is 1.70. The normalized spacial score (nSPS) is 11.6. The zero-order valence-electron chi connectivity index (χ0n) is 17.7. The van der Waals surface area contributed by atoms with Crippen LogP contribution in [-0.2, 0) is 6.54 Å². The monoisotopic (exact) mass is 427 g/mol. The molecular weight excluding hydrogens is 398 g/mol. The highest BCUT2D eigenvalue weighted by atomic mass is 32.1. The molecule has 0 spiro atoms. The Morgan fingerprint density at radius 2 is 1.97 bits per heavy atom. The van der Waals surface area contributed by atoms with Gasteiger partial charge in [-0.05, 0) is 39.3 Å². The van der Waals surface area contributed by atoms with Gasteiger partial charge < -0.3 is 20.5 Å². The minimum atomic E-state index is -0.0818. The number of nitrogens with one attached hydrogen (secondary N) is 3. The Bertz CT molecular complexity index is 1010. The lowest BCUT2D eigenvalue weighted by Gasteiger charge is -2.12. The van der Waals surface area contributed by atoms with Gasteiger partial charge >= 0.3 is 0 Å². The van der Waals surface area contributed by atoms with E-state index >= 15 is 0 Å². The standard InChI is InChI=1S/C21H29N7OS/c1-4-22-21(25-12-11-23-20(29)19-15(2)26-14-30-19)24-10-7-13-28-16(3)27-17-8-5-6-9-18(17)28/h5-6,8-9,14H,4,7,10-13H2,1-3H3,(H,23,29)(H2,22,24,25). The van der Waals surface area contributed by atoms with Gasteiger partial charge in [0.2, 0.25) is 0 Å². The van der Waals surface area contributed by atoms with Crippen LogP contribution in [0.25, 0.3) is 11.0 Å². The molecule has 2 aromatic heterocycles. The highest BCUT2D eigenvalue weighted by Crippen LogP contribution is 2.15. The quantitative estimate of drug-likeness (QED) is 0.277. The van der Waals surface area contributed by atoms with Gasteiger partial charge in [0, 0.05) is 32.7 Å². The third-order valence-electron chi connectivity index (χ3n) is 4.65. The second kappa shape index (κ2) is 10.7. The highest BCUT2D eigenvalue weighted by molar-refractivity contribution is 7.11. The van der Waals surface area contributed by atoms with E-state index in [-0.39, 0.29) is 5.91 Å². The topological polar surface area (TPSA) is 96.2 Å². The second-order valence-corrected chi connectivity index (χ2v) is 7.72.